The van der Waals surface area contributed by atoms with E-state index in [4.69, 9.17) is 0 Å². The number of hydrogen-bond acceptors (Lipinski definition) is 2. The van der Waals surface area contributed by atoms with Gasteiger partial charge < -0.3 is 10.2 Å². The number of nitrogens with zero attached hydrogens (tertiary/aromatic N) is 2. The minimum Gasteiger partial charge on any atom is -0.324 e. The summed E-state index contributed by atoms with van der Waals surface area (Å²) in [6.07, 6.45) is 6.12. The van der Waals surface area contributed by atoms with Gasteiger partial charge in [-0.3, -0.25) is 4.98 Å². The fourth-order valence-electron chi connectivity index (χ4n) is 2.90. The summed E-state index contributed by atoms with van der Waals surface area (Å²) in [4.78, 5) is 18.1. The van der Waals surface area contributed by atoms with Gasteiger partial charge in [-0.25, -0.2) is 9.18 Å². The average Bonchev–Trinajstić information content (AvgIpc) is 2.57. The number of carbonyl (C=O) groups excluding carboxylic acids is 1. The van der Waals surface area contributed by atoms with Crippen LogP contribution in [0.5, 0.6) is 0 Å². The minimum absolute atomic E-state index is 0.111. The Hall–Kier alpha value is -2.69. The summed E-state index contributed by atoms with van der Waals surface area (Å²) < 4.78 is 13.3. The van der Waals surface area contributed by atoms with Gasteiger partial charge in [-0.1, -0.05) is 30.7 Å². The highest BCUT2D eigenvalue weighted by Gasteiger charge is 2.24. The third kappa shape index (κ3) is 3.98. The average molecular weight is 325 g/mol. The second kappa shape index (κ2) is 7.25. The van der Waals surface area contributed by atoms with Crippen molar-refractivity contribution < 1.29 is 9.18 Å². The predicted molar refractivity (Wildman–Crippen MR) is 93.0 cm³/mol. The molecule has 1 fully saturated rings. The van der Waals surface area contributed by atoms with E-state index in [0.29, 0.717) is 18.8 Å². The third-order valence-electron chi connectivity index (χ3n) is 4.20. The van der Waals surface area contributed by atoms with E-state index in [1.807, 2.05) is 18.2 Å². The molecule has 1 N–H and O–H groups in total. The number of halogens is 1. The Balaban J connectivity index is 1.63. The molecule has 0 saturated carbocycles. The molecule has 3 rings (SSSR count). The van der Waals surface area contributed by atoms with Gasteiger partial charge in [-0.2, -0.15) is 0 Å². The maximum atomic E-state index is 13.3. The summed E-state index contributed by atoms with van der Waals surface area (Å²) in [7, 11) is 0. The summed E-state index contributed by atoms with van der Waals surface area (Å²) in [5.41, 5.74) is 2.80. The Kier molecular flexibility index (Phi) is 4.89. The molecule has 4 nitrogen and oxygen atoms in total. The minimum atomic E-state index is -0.231. The van der Waals surface area contributed by atoms with Gasteiger partial charge in [0.1, 0.15) is 5.82 Å². The van der Waals surface area contributed by atoms with Crippen LogP contribution in [0.1, 0.15) is 18.9 Å². The van der Waals surface area contributed by atoms with Crippen LogP contribution in [-0.4, -0.2) is 29.0 Å². The van der Waals surface area contributed by atoms with Crippen molar-refractivity contribution in [1.29, 1.82) is 0 Å². The van der Waals surface area contributed by atoms with Crippen LogP contribution >= 0.6 is 0 Å². The van der Waals surface area contributed by atoms with E-state index in [9.17, 15) is 9.18 Å². The second-order valence-corrected chi connectivity index (χ2v) is 6.04. The van der Waals surface area contributed by atoms with Gasteiger partial charge >= 0.3 is 6.03 Å². The molecule has 1 aromatic heterocycles. The number of benzene rings is 1. The maximum absolute atomic E-state index is 13.3. The van der Waals surface area contributed by atoms with Gasteiger partial charge in [0, 0.05) is 19.3 Å². The molecule has 124 valence electrons. The molecule has 1 aliphatic heterocycles. The molecule has 2 heterocycles. The molecule has 1 aromatic carbocycles. The van der Waals surface area contributed by atoms with E-state index >= 15 is 0 Å². The van der Waals surface area contributed by atoms with Crippen molar-refractivity contribution in [2.24, 2.45) is 5.92 Å². The first-order valence-electron chi connectivity index (χ1n) is 8.04. The molecule has 5 heteroatoms. The lowest BCUT2D eigenvalue weighted by molar-refractivity contribution is 0.198. The molecule has 1 unspecified atom stereocenters. The Labute approximate surface area is 141 Å². The molecular formula is C19H20FN3O. The molecule has 1 atom stereocenters. The monoisotopic (exact) mass is 325 g/mol. The molecule has 0 bridgehead atoms. The lowest BCUT2D eigenvalue weighted by atomic mass is 9.91. The van der Waals surface area contributed by atoms with Crippen molar-refractivity contribution >= 4 is 17.8 Å². The first-order chi connectivity index (χ1) is 11.6. The van der Waals surface area contributed by atoms with Crippen LogP contribution in [0.4, 0.5) is 14.9 Å². The van der Waals surface area contributed by atoms with Crippen LogP contribution < -0.4 is 5.32 Å². The van der Waals surface area contributed by atoms with Crippen LogP contribution in [0.2, 0.25) is 0 Å². The fourth-order valence-corrected chi connectivity index (χ4v) is 2.90. The van der Waals surface area contributed by atoms with Crippen LogP contribution in [0.25, 0.3) is 6.08 Å². The summed E-state index contributed by atoms with van der Waals surface area (Å²) in [5.74, 6) is 0.00644. The van der Waals surface area contributed by atoms with Crippen LogP contribution in [-0.2, 0) is 0 Å². The fraction of sp³-hybridized carbons (Fsp3) is 0.263. The quantitative estimate of drug-likeness (QED) is 0.900. The summed E-state index contributed by atoms with van der Waals surface area (Å²) >= 11 is 0. The Bertz CT molecular complexity index is 745. The Morgan fingerprint density at radius 1 is 1.38 bits per heavy atom. The van der Waals surface area contributed by atoms with Gasteiger partial charge in [-0.05, 0) is 42.2 Å². The SMILES string of the molecule is CC1CN(C(=O)Nc2cccnc2)CC/C1=C\c1cccc(F)c1. The molecule has 0 spiro atoms. The number of piperidine rings is 1. The van der Waals surface area contributed by atoms with Crippen molar-refractivity contribution in [2.45, 2.75) is 13.3 Å². The lowest BCUT2D eigenvalue weighted by Crippen LogP contribution is -2.42. The predicted octanol–water partition coefficient (Wildman–Crippen LogP) is 4.18. The standard InChI is InChI=1S/C19H20FN3O/c1-14-13-23(19(24)22-18-6-3-8-21-12-18)9-7-16(14)10-15-4-2-5-17(20)11-15/h2-6,8,10-12,14H,7,9,13H2,1H3,(H,22,24)/b16-10+. The highest BCUT2D eigenvalue weighted by atomic mass is 19.1. The lowest BCUT2D eigenvalue weighted by Gasteiger charge is -2.33. The third-order valence-corrected chi connectivity index (χ3v) is 4.20. The highest BCUT2D eigenvalue weighted by molar-refractivity contribution is 5.89. The zero-order chi connectivity index (χ0) is 16.9. The number of likely N-dealkylation sites (tertiary alicyclic amines) is 1. The van der Waals surface area contributed by atoms with E-state index in [1.54, 1.807) is 29.4 Å². The topological polar surface area (TPSA) is 45.2 Å². The van der Waals surface area contributed by atoms with Crippen molar-refractivity contribution in [3.63, 3.8) is 0 Å². The highest BCUT2D eigenvalue weighted by Crippen LogP contribution is 2.25. The Morgan fingerprint density at radius 3 is 2.96 bits per heavy atom. The van der Waals surface area contributed by atoms with Crippen LogP contribution in [0, 0.1) is 11.7 Å². The number of rotatable bonds is 2. The first kappa shape index (κ1) is 16.2. The van der Waals surface area contributed by atoms with E-state index in [2.05, 4.69) is 17.2 Å². The van der Waals surface area contributed by atoms with E-state index in [1.165, 1.54) is 17.7 Å². The summed E-state index contributed by atoms with van der Waals surface area (Å²) in [5, 5.41) is 2.86. The van der Waals surface area contributed by atoms with Gasteiger partial charge in [0.15, 0.2) is 0 Å². The molecule has 0 aliphatic carbocycles. The van der Waals surface area contributed by atoms with Crippen LogP contribution in [0.15, 0.2) is 54.4 Å². The van der Waals surface area contributed by atoms with Gasteiger partial charge in [0.2, 0.25) is 0 Å². The first-order valence-corrected chi connectivity index (χ1v) is 8.04. The summed E-state index contributed by atoms with van der Waals surface area (Å²) in [6, 6.07) is 10.1. The van der Waals surface area contributed by atoms with Crippen molar-refractivity contribution in [3.05, 3.63) is 65.7 Å². The largest absolute Gasteiger partial charge is 0.324 e. The molecular weight excluding hydrogens is 305 g/mol. The summed E-state index contributed by atoms with van der Waals surface area (Å²) in [6.45, 7) is 3.39. The zero-order valence-electron chi connectivity index (χ0n) is 13.6. The molecule has 2 amide bonds. The number of carbonyl (C=O) groups is 1. The number of amides is 2. The molecule has 1 saturated heterocycles. The van der Waals surface area contributed by atoms with E-state index < -0.39 is 0 Å². The number of hydrogen-bond donors (Lipinski definition) is 1. The number of aromatic nitrogens is 1. The molecule has 0 radical (unpaired) electrons. The number of pyridine rings is 1. The number of nitrogens with one attached hydrogen (secondary N) is 1. The van der Waals surface area contributed by atoms with E-state index in [0.717, 1.165) is 12.0 Å². The molecule has 2 aromatic rings. The smallest absolute Gasteiger partial charge is 0.321 e. The zero-order valence-corrected chi connectivity index (χ0v) is 13.6. The molecule has 1 aliphatic rings. The number of urea groups is 1. The maximum Gasteiger partial charge on any atom is 0.321 e. The Morgan fingerprint density at radius 2 is 2.25 bits per heavy atom. The van der Waals surface area contributed by atoms with E-state index in [-0.39, 0.29) is 17.8 Å². The van der Waals surface area contributed by atoms with Gasteiger partial charge in [-0.15, -0.1) is 0 Å². The normalized spacial score (nSPS) is 19.3. The second-order valence-electron chi connectivity index (χ2n) is 6.04. The van der Waals surface area contributed by atoms with Crippen molar-refractivity contribution in [1.82, 2.24) is 9.88 Å². The molecule has 24 heavy (non-hydrogen) atoms. The van der Waals surface area contributed by atoms with Crippen molar-refractivity contribution in [3.8, 4) is 0 Å². The number of anilines is 1. The van der Waals surface area contributed by atoms with Crippen molar-refractivity contribution in [2.75, 3.05) is 18.4 Å². The van der Waals surface area contributed by atoms with Crippen LogP contribution in [0.3, 0.4) is 0 Å². The van der Waals surface area contributed by atoms with Gasteiger partial charge in [0.25, 0.3) is 0 Å². The van der Waals surface area contributed by atoms with Gasteiger partial charge in [0.05, 0.1) is 11.9 Å².